The maximum atomic E-state index is 11.3. The number of hydrogen-bond acceptors (Lipinski definition) is 4. The second-order valence-electron chi connectivity index (χ2n) is 3.82. The van der Waals surface area contributed by atoms with Crippen molar-refractivity contribution in [3.63, 3.8) is 0 Å². The van der Waals surface area contributed by atoms with E-state index in [1.54, 1.807) is 0 Å². The standard InChI is InChI=1S/C10H19NO3/c1-8(11)2-3-10(12)14-9-4-6-13-7-5-9/h8-9H,2-7,11H2,1H3. The van der Waals surface area contributed by atoms with Crippen molar-refractivity contribution in [2.45, 2.75) is 44.8 Å². The van der Waals surface area contributed by atoms with Crippen LogP contribution >= 0.6 is 0 Å². The summed E-state index contributed by atoms with van der Waals surface area (Å²) in [5.41, 5.74) is 5.55. The van der Waals surface area contributed by atoms with Crippen LogP contribution in [-0.2, 0) is 14.3 Å². The molecule has 0 saturated carbocycles. The van der Waals surface area contributed by atoms with Crippen molar-refractivity contribution >= 4 is 5.97 Å². The third-order valence-corrected chi connectivity index (χ3v) is 2.27. The topological polar surface area (TPSA) is 61.6 Å². The smallest absolute Gasteiger partial charge is 0.306 e. The first-order valence-electron chi connectivity index (χ1n) is 5.21. The summed E-state index contributed by atoms with van der Waals surface area (Å²) in [6, 6.07) is 0.0669. The minimum atomic E-state index is -0.130. The lowest BCUT2D eigenvalue weighted by Gasteiger charge is -2.22. The molecular weight excluding hydrogens is 182 g/mol. The van der Waals surface area contributed by atoms with Gasteiger partial charge in [0.05, 0.1) is 13.2 Å². The van der Waals surface area contributed by atoms with Gasteiger partial charge in [0.2, 0.25) is 0 Å². The fourth-order valence-electron chi connectivity index (χ4n) is 1.38. The van der Waals surface area contributed by atoms with Crippen LogP contribution in [0.3, 0.4) is 0 Å². The van der Waals surface area contributed by atoms with Crippen LogP contribution in [0.2, 0.25) is 0 Å². The molecule has 14 heavy (non-hydrogen) atoms. The molecule has 1 heterocycles. The highest BCUT2D eigenvalue weighted by Crippen LogP contribution is 2.11. The van der Waals surface area contributed by atoms with E-state index in [1.165, 1.54) is 0 Å². The van der Waals surface area contributed by atoms with Crippen LogP contribution in [0.4, 0.5) is 0 Å². The number of hydrogen-bond donors (Lipinski definition) is 1. The Labute approximate surface area is 84.7 Å². The highest BCUT2D eigenvalue weighted by Gasteiger charge is 2.17. The van der Waals surface area contributed by atoms with Crippen LogP contribution in [-0.4, -0.2) is 31.3 Å². The van der Waals surface area contributed by atoms with Crippen LogP contribution < -0.4 is 5.73 Å². The van der Waals surface area contributed by atoms with Gasteiger partial charge in [-0.2, -0.15) is 0 Å². The molecule has 1 atom stereocenters. The summed E-state index contributed by atoms with van der Waals surface area (Å²) in [4.78, 5) is 11.3. The largest absolute Gasteiger partial charge is 0.462 e. The number of nitrogens with two attached hydrogens (primary N) is 1. The lowest BCUT2D eigenvalue weighted by molar-refractivity contribution is -0.153. The van der Waals surface area contributed by atoms with Crippen molar-refractivity contribution in [2.24, 2.45) is 5.73 Å². The molecular formula is C10H19NO3. The van der Waals surface area contributed by atoms with Gasteiger partial charge >= 0.3 is 5.97 Å². The van der Waals surface area contributed by atoms with Crippen LogP contribution in [0, 0.1) is 0 Å². The van der Waals surface area contributed by atoms with Crippen molar-refractivity contribution < 1.29 is 14.3 Å². The molecule has 1 rings (SSSR count). The summed E-state index contributed by atoms with van der Waals surface area (Å²) >= 11 is 0. The molecule has 1 unspecified atom stereocenters. The van der Waals surface area contributed by atoms with Gasteiger partial charge in [-0.05, 0) is 13.3 Å². The maximum Gasteiger partial charge on any atom is 0.306 e. The molecule has 0 aromatic carbocycles. The van der Waals surface area contributed by atoms with E-state index in [1.807, 2.05) is 6.92 Å². The zero-order chi connectivity index (χ0) is 10.4. The van der Waals surface area contributed by atoms with Gasteiger partial charge in [0, 0.05) is 25.3 Å². The lowest BCUT2D eigenvalue weighted by atomic mass is 10.1. The van der Waals surface area contributed by atoms with Crippen molar-refractivity contribution in [1.29, 1.82) is 0 Å². The zero-order valence-corrected chi connectivity index (χ0v) is 8.70. The van der Waals surface area contributed by atoms with E-state index in [9.17, 15) is 4.79 Å². The van der Waals surface area contributed by atoms with E-state index in [-0.39, 0.29) is 18.1 Å². The molecule has 0 aromatic heterocycles. The van der Waals surface area contributed by atoms with Gasteiger partial charge in [0.15, 0.2) is 0 Å². The number of carbonyl (C=O) groups is 1. The minimum Gasteiger partial charge on any atom is -0.462 e. The molecule has 1 aliphatic rings. The molecule has 0 bridgehead atoms. The summed E-state index contributed by atoms with van der Waals surface area (Å²) in [6.45, 7) is 3.29. The first kappa shape index (κ1) is 11.5. The van der Waals surface area contributed by atoms with Gasteiger partial charge in [-0.1, -0.05) is 0 Å². The number of ether oxygens (including phenoxy) is 2. The number of esters is 1. The van der Waals surface area contributed by atoms with E-state index < -0.39 is 0 Å². The first-order valence-corrected chi connectivity index (χ1v) is 5.21. The van der Waals surface area contributed by atoms with Crippen LogP contribution in [0.25, 0.3) is 0 Å². The predicted octanol–water partition coefficient (Wildman–Crippen LogP) is 0.836. The third kappa shape index (κ3) is 4.58. The van der Waals surface area contributed by atoms with E-state index in [4.69, 9.17) is 15.2 Å². The molecule has 0 spiro atoms. The van der Waals surface area contributed by atoms with Gasteiger partial charge in [-0.25, -0.2) is 0 Å². The Kier molecular flexibility index (Phi) is 4.90. The number of carbonyl (C=O) groups excluding carboxylic acids is 1. The van der Waals surface area contributed by atoms with Crippen molar-refractivity contribution in [3.05, 3.63) is 0 Å². The SMILES string of the molecule is CC(N)CCC(=O)OC1CCOCC1. The summed E-state index contributed by atoms with van der Waals surface area (Å²) < 4.78 is 10.4. The molecule has 4 heteroatoms. The average Bonchev–Trinajstić information content (AvgIpc) is 2.16. The molecule has 82 valence electrons. The Balaban J connectivity index is 2.12. The molecule has 0 radical (unpaired) electrons. The molecule has 2 N–H and O–H groups in total. The quantitative estimate of drug-likeness (QED) is 0.684. The van der Waals surface area contributed by atoms with Gasteiger partial charge in [-0.15, -0.1) is 0 Å². The van der Waals surface area contributed by atoms with Crippen LogP contribution in [0.15, 0.2) is 0 Å². The Bertz CT molecular complexity index is 176. The third-order valence-electron chi connectivity index (χ3n) is 2.27. The Hall–Kier alpha value is -0.610. The van der Waals surface area contributed by atoms with Gasteiger partial charge in [0.25, 0.3) is 0 Å². The number of rotatable bonds is 4. The predicted molar refractivity (Wildman–Crippen MR) is 52.8 cm³/mol. The second-order valence-corrected chi connectivity index (χ2v) is 3.82. The molecule has 1 aliphatic heterocycles. The molecule has 1 saturated heterocycles. The monoisotopic (exact) mass is 201 g/mol. The van der Waals surface area contributed by atoms with Gasteiger partial charge < -0.3 is 15.2 Å². The highest BCUT2D eigenvalue weighted by atomic mass is 16.5. The maximum absolute atomic E-state index is 11.3. The highest BCUT2D eigenvalue weighted by molar-refractivity contribution is 5.69. The van der Waals surface area contributed by atoms with E-state index in [0.29, 0.717) is 26.1 Å². The fourth-order valence-corrected chi connectivity index (χ4v) is 1.38. The Morgan fingerprint density at radius 3 is 2.79 bits per heavy atom. The minimum absolute atomic E-state index is 0.0596. The Morgan fingerprint density at radius 2 is 2.21 bits per heavy atom. The summed E-state index contributed by atoms with van der Waals surface area (Å²) in [6.07, 6.45) is 2.83. The van der Waals surface area contributed by atoms with Crippen molar-refractivity contribution in [1.82, 2.24) is 0 Å². The molecule has 0 aromatic rings. The average molecular weight is 201 g/mol. The van der Waals surface area contributed by atoms with Gasteiger partial charge in [0.1, 0.15) is 6.10 Å². The summed E-state index contributed by atoms with van der Waals surface area (Å²) in [7, 11) is 0. The van der Waals surface area contributed by atoms with E-state index in [0.717, 1.165) is 12.8 Å². The van der Waals surface area contributed by atoms with Crippen molar-refractivity contribution in [2.75, 3.05) is 13.2 Å². The lowest BCUT2D eigenvalue weighted by Crippen LogP contribution is -2.26. The zero-order valence-electron chi connectivity index (χ0n) is 8.70. The second kappa shape index (κ2) is 5.98. The van der Waals surface area contributed by atoms with Crippen LogP contribution in [0.1, 0.15) is 32.6 Å². The van der Waals surface area contributed by atoms with E-state index >= 15 is 0 Å². The summed E-state index contributed by atoms with van der Waals surface area (Å²) in [5.74, 6) is -0.130. The van der Waals surface area contributed by atoms with Crippen molar-refractivity contribution in [3.8, 4) is 0 Å². The van der Waals surface area contributed by atoms with E-state index in [2.05, 4.69) is 0 Å². The summed E-state index contributed by atoms with van der Waals surface area (Å²) in [5, 5.41) is 0. The molecule has 0 aliphatic carbocycles. The van der Waals surface area contributed by atoms with Crippen LogP contribution in [0.5, 0.6) is 0 Å². The molecule has 0 amide bonds. The van der Waals surface area contributed by atoms with Gasteiger partial charge in [-0.3, -0.25) is 4.79 Å². The first-order chi connectivity index (χ1) is 6.68. The Morgan fingerprint density at radius 1 is 1.57 bits per heavy atom. The molecule has 4 nitrogen and oxygen atoms in total. The molecule has 1 fully saturated rings. The fraction of sp³-hybridized carbons (Fsp3) is 0.900. The normalized spacial score (nSPS) is 20.4.